The van der Waals surface area contributed by atoms with Crippen LogP contribution in [0.5, 0.6) is 0 Å². The highest BCUT2D eigenvalue weighted by atomic mass is 32.2. The van der Waals surface area contributed by atoms with E-state index in [-0.39, 0.29) is 0 Å². The number of imidazole rings is 1. The summed E-state index contributed by atoms with van der Waals surface area (Å²) < 4.78 is 2.78. The molecule has 3 rings (SSSR count). The van der Waals surface area contributed by atoms with Crippen LogP contribution in [-0.2, 0) is 6.54 Å². The average molecular weight is 282 g/mol. The van der Waals surface area contributed by atoms with Gasteiger partial charge < -0.3 is 4.57 Å². The zero-order valence-corrected chi connectivity index (χ0v) is 12.5. The van der Waals surface area contributed by atoms with Crippen LogP contribution in [0.15, 0.2) is 18.7 Å². The molecule has 1 saturated heterocycles. The fourth-order valence-corrected chi connectivity index (χ4v) is 7.06. The van der Waals surface area contributed by atoms with Gasteiger partial charge in [0.1, 0.15) is 0 Å². The lowest BCUT2D eigenvalue weighted by molar-refractivity contribution is 0.446. The average Bonchev–Trinajstić information content (AvgIpc) is 3.13. The van der Waals surface area contributed by atoms with E-state index in [0.29, 0.717) is 4.08 Å². The number of aryl methyl sites for hydroxylation is 1. The lowest BCUT2D eigenvalue weighted by Crippen LogP contribution is -2.27. The summed E-state index contributed by atoms with van der Waals surface area (Å²) in [7, 11) is 0. The Bertz CT molecular complexity index is 352. The summed E-state index contributed by atoms with van der Waals surface area (Å²) in [5.74, 6) is 3.72. The molecular formula is C14H22N2S2. The molecule has 100 valence electrons. The van der Waals surface area contributed by atoms with Crippen molar-refractivity contribution >= 4 is 23.5 Å². The highest BCUT2D eigenvalue weighted by Gasteiger charge is 2.43. The normalized spacial score (nSPS) is 23.8. The van der Waals surface area contributed by atoms with Gasteiger partial charge in [0.15, 0.2) is 0 Å². The summed E-state index contributed by atoms with van der Waals surface area (Å²) in [6.45, 7) is 1.13. The minimum Gasteiger partial charge on any atom is -0.337 e. The quantitative estimate of drug-likeness (QED) is 0.812. The predicted octanol–water partition coefficient (Wildman–Crippen LogP) is 4.03. The molecule has 0 spiro atoms. The molecule has 0 unspecified atom stereocenters. The molecule has 0 radical (unpaired) electrons. The SMILES string of the molecule is c1cn(CCCC2(C3CCCC3)SCCS2)cn1. The first-order valence-corrected chi connectivity index (χ1v) is 9.10. The van der Waals surface area contributed by atoms with Gasteiger partial charge in [0.2, 0.25) is 0 Å². The predicted molar refractivity (Wildman–Crippen MR) is 81.1 cm³/mol. The summed E-state index contributed by atoms with van der Waals surface area (Å²) >= 11 is 4.52. The lowest BCUT2D eigenvalue weighted by atomic mass is 9.99. The minimum atomic E-state index is 0.567. The largest absolute Gasteiger partial charge is 0.337 e. The molecule has 2 nitrogen and oxygen atoms in total. The summed E-state index contributed by atoms with van der Waals surface area (Å²) in [5.41, 5.74) is 0. The summed E-state index contributed by atoms with van der Waals surface area (Å²) in [6.07, 6.45) is 14.5. The van der Waals surface area contributed by atoms with Gasteiger partial charge in [0, 0.05) is 30.4 Å². The van der Waals surface area contributed by atoms with Gasteiger partial charge in [-0.2, -0.15) is 0 Å². The number of thioether (sulfide) groups is 2. The number of aromatic nitrogens is 2. The van der Waals surface area contributed by atoms with Gasteiger partial charge in [-0.3, -0.25) is 0 Å². The maximum absolute atomic E-state index is 4.12. The zero-order valence-electron chi connectivity index (χ0n) is 10.9. The highest BCUT2D eigenvalue weighted by Crippen LogP contribution is 2.56. The molecule has 4 heteroatoms. The second-order valence-electron chi connectivity index (χ2n) is 5.39. The van der Waals surface area contributed by atoms with Crippen molar-refractivity contribution in [3.63, 3.8) is 0 Å². The molecule has 0 amide bonds. The zero-order chi connectivity index (χ0) is 12.3. The summed E-state index contributed by atoms with van der Waals surface area (Å²) in [5, 5.41) is 0. The van der Waals surface area contributed by atoms with Crippen LogP contribution >= 0.6 is 23.5 Å². The highest BCUT2D eigenvalue weighted by molar-refractivity contribution is 8.21. The molecule has 1 aromatic heterocycles. The Kier molecular flexibility index (Phi) is 4.24. The minimum absolute atomic E-state index is 0.567. The Morgan fingerprint density at radius 1 is 1.22 bits per heavy atom. The molecule has 1 aromatic rings. The van der Waals surface area contributed by atoms with Gasteiger partial charge >= 0.3 is 0 Å². The van der Waals surface area contributed by atoms with E-state index in [0.717, 1.165) is 12.5 Å². The monoisotopic (exact) mass is 282 g/mol. The van der Waals surface area contributed by atoms with E-state index < -0.39 is 0 Å². The Morgan fingerprint density at radius 3 is 2.67 bits per heavy atom. The molecule has 0 atom stereocenters. The van der Waals surface area contributed by atoms with Crippen molar-refractivity contribution in [1.29, 1.82) is 0 Å². The van der Waals surface area contributed by atoms with Crippen molar-refractivity contribution in [2.45, 2.75) is 49.1 Å². The van der Waals surface area contributed by atoms with Crippen molar-refractivity contribution in [2.75, 3.05) is 11.5 Å². The van der Waals surface area contributed by atoms with Gasteiger partial charge in [-0.15, -0.1) is 23.5 Å². The van der Waals surface area contributed by atoms with Crippen molar-refractivity contribution in [2.24, 2.45) is 5.92 Å². The maximum atomic E-state index is 4.12. The molecule has 0 N–H and O–H groups in total. The van der Waals surface area contributed by atoms with Crippen LogP contribution in [0.1, 0.15) is 38.5 Å². The Hall–Kier alpha value is -0.0900. The molecule has 2 aliphatic rings. The van der Waals surface area contributed by atoms with E-state index >= 15 is 0 Å². The second kappa shape index (κ2) is 5.91. The van der Waals surface area contributed by atoms with Gasteiger partial charge in [-0.25, -0.2) is 4.98 Å². The number of hydrogen-bond acceptors (Lipinski definition) is 3. The van der Waals surface area contributed by atoms with Crippen molar-refractivity contribution in [3.8, 4) is 0 Å². The smallest absolute Gasteiger partial charge is 0.0945 e. The third-order valence-corrected chi connectivity index (χ3v) is 8.09. The van der Waals surface area contributed by atoms with Crippen LogP contribution in [0.3, 0.4) is 0 Å². The molecule has 18 heavy (non-hydrogen) atoms. The Balaban J connectivity index is 1.56. The topological polar surface area (TPSA) is 17.8 Å². The summed E-state index contributed by atoms with van der Waals surface area (Å²) in [6, 6.07) is 0. The van der Waals surface area contributed by atoms with Gasteiger partial charge in [-0.1, -0.05) is 12.8 Å². The third-order valence-electron chi connectivity index (χ3n) is 4.25. The Morgan fingerprint density at radius 2 is 2.00 bits per heavy atom. The van der Waals surface area contributed by atoms with Gasteiger partial charge in [0.05, 0.1) is 10.4 Å². The molecule has 1 aliphatic carbocycles. The number of hydrogen-bond donors (Lipinski definition) is 0. The molecule has 2 fully saturated rings. The molecule has 1 aliphatic heterocycles. The third kappa shape index (κ3) is 2.74. The van der Waals surface area contributed by atoms with Gasteiger partial charge in [0.25, 0.3) is 0 Å². The first-order valence-electron chi connectivity index (χ1n) is 7.13. The first-order chi connectivity index (χ1) is 8.89. The van der Waals surface area contributed by atoms with Crippen LogP contribution in [0.2, 0.25) is 0 Å². The van der Waals surface area contributed by atoms with Crippen molar-refractivity contribution < 1.29 is 0 Å². The molecule has 1 saturated carbocycles. The number of nitrogens with zero attached hydrogens (tertiary/aromatic N) is 2. The fourth-order valence-electron chi connectivity index (χ4n) is 3.35. The van der Waals surface area contributed by atoms with Crippen LogP contribution in [0.25, 0.3) is 0 Å². The first kappa shape index (κ1) is 12.9. The van der Waals surface area contributed by atoms with Crippen LogP contribution in [0.4, 0.5) is 0 Å². The molecule has 2 heterocycles. The van der Waals surface area contributed by atoms with E-state index in [1.54, 1.807) is 0 Å². The molecule has 0 aromatic carbocycles. The van der Waals surface area contributed by atoms with Crippen LogP contribution < -0.4 is 0 Å². The van der Waals surface area contributed by atoms with E-state index in [4.69, 9.17) is 0 Å². The van der Waals surface area contributed by atoms with E-state index in [1.165, 1.54) is 50.0 Å². The van der Waals surface area contributed by atoms with E-state index in [2.05, 4.69) is 39.3 Å². The van der Waals surface area contributed by atoms with E-state index in [9.17, 15) is 0 Å². The van der Waals surface area contributed by atoms with Crippen LogP contribution in [-0.4, -0.2) is 25.1 Å². The van der Waals surface area contributed by atoms with E-state index in [1.807, 2.05) is 12.5 Å². The molecular weight excluding hydrogens is 260 g/mol. The molecule has 0 bridgehead atoms. The number of rotatable bonds is 5. The second-order valence-corrected chi connectivity index (χ2v) is 8.50. The summed E-state index contributed by atoms with van der Waals surface area (Å²) in [4.78, 5) is 4.12. The lowest BCUT2D eigenvalue weighted by Gasteiger charge is -2.34. The fraction of sp³-hybridized carbons (Fsp3) is 0.786. The van der Waals surface area contributed by atoms with Crippen molar-refractivity contribution in [1.82, 2.24) is 9.55 Å². The standard InChI is InChI=1S/C14H22N2S2/c1-2-5-13(4-1)14(17-10-11-18-14)6-3-8-16-9-7-15-12-16/h7,9,12-13H,1-6,8,10-11H2. The van der Waals surface area contributed by atoms with Crippen molar-refractivity contribution in [3.05, 3.63) is 18.7 Å². The van der Waals surface area contributed by atoms with Crippen LogP contribution in [0, 0.1) is 5.92 Å². The van der Waals surface area contributed by atoms with Gasteiger partial charge in [-0.05, 0) is 31.6 Å². The Labute approximate surface area is 118 Å². The maximum Gasteiger partial charge on any atom is 0.0945 e.